The lowest BCUT2D eigenvalue weighted by atomic mass is 9.97. The Labute approximate surface area is 123 Å². The van der Waals surface area contributed by atoms with Gasteiger partial charge < -0.3 is 20.1 Å². The number of carbonyl (C=O) groups excluding carboxylic acids is 2. The molecular weight excluding hydrogens is 278 g/mol. The molecule has 0 aromatic carbocycles. The molecule has 0 unspecified atom stereocenters. The Morgan fingerprint density at radius 3 is 2.48 bits per heavy atom. The Bertz CT molecular complexity index is 367. The summed E-state index contributed by atoms with van der Waals surface area (Å²) >= 11 is 0. The lowest BCUT2D eigenvalue weighted by Crippen LogP contribution is -2.45. The topological polar surface area (TPSA) is 108 Å². The molecule has 0 radical (unpaired) electrons. The molecule has 0 atom stereocenters. The maximum Gasteiger partial charge on any atom is 0.306 e. The van der Waals surface area contributed by atoms with Gasteiger partial charge in [-0.1, -0.05) is 0 Å². The fourth-order valence-electron chi connectivity index (χ4n) is 2.13. The summed E-state index contributed by atoms with van der Waals surface area (Å²) in [5, 5.41) is 14.3. The number of nitrogens with one attached hydrogen (secondary N) is 2. The average Bonchev–Trinajstić information content (AvgIpc) is 2.47. The first-order valence-corrected chi connectivity index (χ1v) is 7.01. The first-order chi connectivity index (χ1) is 10.0. The van der Waals surface area contributed by atoms with Crippen LogP contribution in [0.1, 0.15) is 12.8 Å². The number of amides is 2. The molecule has 21 heavy (non-hydrogen) atoms. The standard InChI is InChI=1S/C13H23N3O5/c1-21-7-4-15-11(17)8-14-9-12(18)16-5-2-10(3-6-16)13(19)20/h10,14H,2-9H2,1H3,(H,15,17)(H,19,20). The van der Waals surface area contributed by atoms with Gasteiger partial charge in [0.2, 0.25) is 11.8 Å². The Morgan fingerprint density at radius 2 is 1.90 bits per heavy atom. The summed E-state index contributed by atoms with van der Waals surface area (Å²) in [7, 11) is 1.55. The first kappa shape index (κ1) is 17.4. The summed E-state index contributed by atoms with van der Waals surface area (Å²) in [6.45, 7) is 1.95. The summed E-state index contributed by atoms with van der Waals surface area (Å²) in [6, 6.07) is 0. The molecule has 1 heterocycles. The number of aliphatic carboxylic acids is 1. The van der Waals surface area contributed by atoms with Crippen molar-refractivity contribution in [2.24, 2.45) is 5.92 Å². The minimum absolute atomic E-state index is 0.0705. The highest BCUT2D eigenvalue weighted by molar-refractivity contribution is 5.81. The van der Waals surface area contributed by atoms with E-state index in [2.05, 4.69) is 10.6 Å². The molecule has 0 aromatic rings. The van der Waals surface area contributed by atoms with E-state index < -0.39 is 5.97 Å². The fraction of sp³-hybridized carbons (Fsp3) is 0.769. The molecule has 8 nitrogen and oxygen atoms in total. The van der Waals surface area contributed by atoms with Crippen molar-refractivity contribution in [3.63, 3.8) is 0 Å². The predicted octanol–water partition coefficient (Wildman–Crippen LogP) is -1.34. The van der Waals surface area contributed by atoms with Gasteiger partial charge in [0, 0.05) is 26.7 Å². The van der Waals surface area contributed by atoms with Crippen molar-refractivity contribution in [3.05, 3.63) is 0 Å². The Morgan fingerprint density at radius 1 is 1.24 bits per heavy atom. The van der Waals surface area contributed by atoms with Crippen LogP contribution in [-0.2, 0) is 19.1 Å². The first-order valence-electron chi connectivity index (χ1n) is 7.01. The van der Waals surface area contributed by atoms with Crippen LogP contribution in [0.5, 0.6) is 0 Å². The molecule has 120 valence electrons. The number of carbonyl (C=O) groups is 3. The molecule has 1 rings (SSSR count). The minimum atomic E-state index is -0.798. The van der Waals surface area contributed by atoms with Crippen molar-refractivity contribution in [1.29, 1.82) is 0 Å². The van der Waals surface area contributed by atoms with Gasteiger partial charge in [-0.15, -0.1) is 0 Å². The van der Waals surface area contributed by atoms with Crippen molar-refractivity contribution >= 4 is 17.8 Å². The van der Waals surface area contributed by atoms with Crippen molar-refractivity contribution in [2.45, 2.75) is 12.8 Å². The summed E-state index contributed by atoms with van der Waals surface area (Å²) in [4.78, 5) is 35.7. The second kappa shape index (κ2) is 9.30. The van der Waals surface area contributed by atoms with E-state index in [1.54, 1.807) is 12.0 Å². The maximum atomic E-state index is 11.9. The minimum Gasteiger partial charge on any atom is -0.481 e. The van der Waals surface area contributed by atoms with Crippen LogP contribution in [-0.4, -0.2) is 74.2 Å². The zero-order valence-corrected chi connectivity index (χ0v) is 12.3. The number of carboxylic acid groups (broad SMARTS) is 1. The van der Waals surface area contributed by atoms with E-state index in [0.29, 0.717) is 39.1 Å². The molecule has 1 saturated heterocycles. The van der Waals surface area contributed by atoms with Gasteiger partial charge >= 0.3 is 5.97 Å². The normalized spacial score (nSPS) is 15.8. The summed E-state index contributed by atoms with van der Waals surface area (Å²) in [6.07, 6.45) is 0.969. The smallest absolute Gasteiger partial charge is 0.306 e. The molecule has 0 aliphatic carbocycles. The molecule has 0 bridgehead atoms. The number of likely N-dealkylation sites (tertiary alicyclic amines) is 1. The number of ether oxygens (including phenoxy) is 1. The summed E-state index contributed by atoms with van der Waals surface area (Å²) in [5.74, 6) is -1.45. The second-order valence-electron chi connectivity index (χ2n) is 4.94. The quantitative estimate of drug-likeness (QED) is 0.479. The van der Waals surface area contributed by atoms with Gasteiger partial charge in [0.05, 0.1) is 25.6 Å². The number of piperidine rings is 1. The number of hydrogen-bond donors (Lipinski definition) is 3. The van der Waals surface area contributed by atoms with Crippen LogP contribution >= 0.6 is 0 Å². The second-order valence-corrected chi connectivity index (χ2v) is 4.94. The molecular formula is C13H23N3O5. The van der Waals surface area contributed by atoms with Crippen LogP contribution in [0.15, 0.2) is 0 Å². The van der Waals surface area contributed by atoms with Crippen molar-refractivity contribution in [3.8, 4) is 0 Å². The highest BCUT2D eigenvalue weighted by atomic mass is 16.5. The molecule has 1 aliphatic heterocycles. The Balaban J connectivity index is 2.14. The zero-order valence-electron chi connectivity index (χ0n) is 12.3. The van der Waals surface area contributed by atoms with Crippen LogP contribution in [0, 0.1) is 5.92 Å². The van der Waals surface area contributed by atoms with Crippen LogP contribution in [0.2, 0.25) is 0 Å². The van der Waals surface area contributed by atoms with Gasteiger partial charge in [-0.05, 0) is 12.8 Å². The number of hydrogen-bond acceptors (Lipinski definition) is 5. The number of methoxy groups -OCH3 is 1. The van der Waals surface area contributed by atoms with Gasteiger partial charge in [-0.3, -0.25) is 19.7 Å². The molecule has 1 fully saturated rings. The third-order valence-corrected chi connectivity index (χ3v) is 3.39. The SMILES string of the molecule is COCCNC(=O)CNCC(=O)N1CCC(C(=O)O)CC1. The average molecular weight is 301 g/mol. The molecule has 8 heteroatoms. The van der Waals surface area contributed by atoms with Crippen molar-refractivity contribution < 1.29 is 24.2 Å². The molecule has 0 saturated carbocycles. The third kappa shape index (κ3) is 6.54. The van der Waals surface area contributed by atoms with Gasteiger partial charge in [-0.2, -0.15) is 0 Å². The number of rotatable bonds is 8. The zero-order chi connectivity index (χ0) is 15.7. The van der Waals surface area contributed by atoms with E-state index in [1.165, 1.54) is 0 Å². The maximum absolute atomic E-state index is 11.9. The lowest BCUT2D eigenvalue weighted by molar-refractivity contribution is -0.145. The van der Waals surface area contributed by atoms with Gasteiger partial charge in [0.1, 0.15) is 0 Å². The monoisotopic (exact) mass is 301 g/mol. The van der Waals surface area contributed by atoms with Crippen LogP contribution in [0.3, 0.4) is 0 Å². The summed E-state index contributed by atoms with van der Waals surface area (Å²) < 4.78 is 4.80. The predicted molar refractivity (Wildman–Crippen MR) is 74.7 cm³/mol. The highest BCUT2D eigenvalue weighted by Gasteiger charge is 2.26. The highest BCUT2D eigenvalue weighted by Crippen LogP contribution is 2.16. The Kier molecular flexibility index (Phi) is 7.70. The molecule has 2 amide bonds. The van der Waals surface area contributed by atoms with E-state index in [0.717, 1.165) is 0 Å². The van der Waals surface area contributed by atoms with E-state index in [9.17, 15) is 14.4 Å². The van der Waals surface area contributed by atoms with Gasteiger partial charge in [0.25, 0.3) is 0 Å². The van der Waals surface area contributed by atoms with Crippen LogP contribution < -0.4 is 10.6 Å². The third-order valence-electron chi connectivity index (χ3n) is 3.39. The largest absolute Gasteiger partial charge is 0.481 e. The van der Waals surface area contributed by atoms with Gasteiger partial charge in [-0.25, -0.2) is 0 Å². The molecule has 0 aromatic heterocycles. The van der Waals surface area contributed by atoms with Crippen molar-refractivity contribution in [2.75, 3.05) is 46.4 Å². The van der Waals surface area contributed by atoms with Gasteiger partial charge in [0.15, 0.2) is 0 Å². The number of carboxylic acids is 1. The number of nitrogens with zero attached hydrogens (tertiary/aromatic N) is 1. The molecule has 3 N–H and O–H groups in total. The lowest BCUT2D eigenvalue weighted by Gasteiger charge is -2.30. The van der Waals surface area contributed by atoms with Crippen LogP contribution in [0.25, 0.3) is 0 Å². The van der Waals surface area contributed by atoms with E-state index in [1.807, 2.05) is 0 Å². The fourth-order valence-corrected chi connectivity index (χ4v) is 2.13. The summed E-state index contributed by atoms with van der Waals surface area (Å²) in [5.41, 5.74) is 0. The van der Waals surface area contributed by atoms with Crippen molar-refractivity contribution in [1.82, 2.24) is 15.5 Å². The van der Waals surface area contributed by atoms with E-state index in [-0.39, 0.29) is 30.8 Å². The van der Waals surface area contributed by atoms with E-state index >= 15 is 0 Å². The Hall–Kier alpha value is -1.67. The molecule has 0 spiro atoms. The molecule has 1 aliphatic rings. The van der Waals surface area contributed by atoms with E-state index in [4.69, 9.17) is 9.84 Å². The van der Waals surface area contributed by atoms with Crippen LogP contribution in [0.4, 0.5) is 0 Å².